The van der Waals surface area contributed by atoms with Crippen molar-refractivity contribution in [3.63, 3.8) is 0 Å². The maximum atomic E-state index is 12.9. The lowest BCUT2D eigenvalue weighted by Crippen LogP contribution is -2.54. The second-order valence-corrected chi connectivity index (χ2v) is 12.8. The summed E-state index contributed by atoms with van der Waals surface area (Å²) in [6.07, 6.45) is 5.64. The average molecular weight is 523 g/mol. The van der Waals surface area contributed by atoms with Crippen molar-refractivity contribution in [2.75, 3.05) is 60.7 Å². The minimum Gasteiger partial charge on any atom is -0.453 e. The number of rotatable bonds is 6. The summed E-state index contributed by atoms with van der Waals surface area (Å²) < 4.78 is 17.7. The Labute approximate surface area is 219 Å². The van der Waals surface area contributed by atoms with Gasteiger partial charge >= 0.3 is 6.09 Å². The third-order valence-corrected chi connectivity index (χ3v) is 10.6. The highest BCUT2D eigenvalue weighted by molar-refractivity contribution is 7.85. The van der Waals surface area contributed by atoms with Crippen LogP contribution in [0.3, 0.4) is 0 Å². The van der Waals surface area contributed by atoms with E-state index in [0.29, 0.717) is 36.4 Å². The summed E-state index contributed by atoms with van der Waals surface area (Å²) >= 11 is 0. The maximum absolute atomic E-state index is 12.9. The maximum Gasteiger partial charge on any atom is 0.406 e. The van der Waals surface area contributed by atoms with E-state index in [2.05, 4.69) is 38.6 Å². The number of aryl methyl sites for hydroxylation is 3. The Kier molecular flexibility index (Phi) is 5.56. The first-order valence-electron chi connectivity index (χ1n) is 13.5. The lowest BCUT2D eigenvalue weighted by Gasteiger charge is -2.43. The molecule has 4 heterocycles. The predicted molar refractivity (Wildman–Crippen MR) is 143 cm³/mol. The van der Waals surface area contributed by atoms with E-state index in [9.17, 15) is 9.00 Å². The lowest BCUT2D eigenvalue weighted by atomic mass is 9.76. The number of aromatic nitrogens is 2. The molecule has 2 N–H and O–H groups in total. The van der Waals surface area contributed by atoms with E-state index in [0.717, 1.165) is 62.0 Å². The van der Waals surface area contributed by atoms with Gasteiger partial charge in [-0.2, -0.15) is 4.98 Å². The smallest absolute Gasteiger partial charge is 0.406 e. The van der Waals surface area contributed by atoms with Crippen LogP contribution in [0.1, 0.15) is 36.1 Å². The highest BCUT2D eigenvalue weighted by atomic mass is 32.2. The molecule has 0 bridgehead atoms. The van der Waals surface area contributed by atoms with Crippen molar-refractivity contribution in [2.45, 2.75) is 49.0 Å². The molecule has 5 aliphatic rings. The van der Waals surface area contributed by atoms with E-state index in [4.69, 9.17) is 14.7 Å². The highest BCUT2D eigenvalue weighted by Crippen LogP contribution is 2.40. The van der Waals surface area contributed by atoms with Crippen LogP contribution in [0.4, 0.5) is 22.2 Å². The first-order chi connectivity index (χ1) is 18.0. The van der Waals surface area contributed by atoms with E-state index >= 15 is 0 Å². The fraction of sp³-hybridized carbons (Fsp3) is 0.593. The Balaban J connectivity index is 1.09. The SMILES string of the molecule is COC(=O)NCC1(Nc2nc(N3CC4CN(c5ccc6c(c5)CC6)CC4C3)nc3c2[S@@](=O)CC3)CCC1. The zero-order chi connectivity index (χ0) is 25.1. The summed E-state index contributed by atoms with van der Waals surface area (Å²) in [7, 11) is 0.273. The van der Waals surface area contributed by atoms with Crippen molar-refractivity contribution in [1.29, 1.82) is 0 Å². The molecule has 1 aromatic heterocycles. The normalized spacial score (nSPS) is 26.6. The van der Waals surface area contributed by atoms with E-state index in [1.54, 1.807) is 0 Å². The highest BCUT2D eigenvalue weighted by Gasteiger charge is 2.43. The van der Waals surface area contributed by atoms with Gasteiger partial charge in [0.2, 0.25) is 5.95 Å². The molecule has 10 heteroatoms. The number of nitrogens with zero attached hydrogens (tertiary/aromatic N) is 4. The van der Waals surface area contributed by atoms with Gasteiger partial charge in [-0.1, -0.05) is 6.07 Å². The molecular weight excluding hydrogens is 488 g/mol. The van der Waals surface area contributed by atoms with Crippen LogP contribution in [0, 0.1) is 11.8 Å². The number of anilines is 3. The van der Waals surface area contributed by atoms with Gasteiger partial charge in [-0.05, 0) is 55.4 Å². The number of benzene rings is 1. The van der Waals surface area contributed by atoms with Gasteiger partial charge in [0.15, 0.2) is 0 Å². The Morgan fingerprint density at radius 2 is 1.84 bits per heavy atom. The number of carbonyl (C=O) groups is 1. The molecule has 1 saturated carbocycles. The number of carbonyl (C=O) groups excluding carboxylic acids is 1. The second-order valence-electron chi connectivity index (χ2n) is 11.3. The van der Waals surface area contributed by atoms with Gasteiger partial charge in [0.25, 0.3) is 0 Å². The number of methoxy groups -OCH3 is 1. The standard InChI is InChI=1S/C27H34N6O3S/c1-36-26(34)28-16-27(8-2-9-27)31-24-23-22(7-10-37(23)35)29-25(30-24)33-14-19-12-32(13-20(19)15-33)21-6-5-17-3-4-18(17)11-21/h5-6,11,19-20H,2-4,7-10,12-16H2,1H3,(H,28,34)(H,29,30,31)/t19?,20?,37-/m0/s1. The van der Waals surface area contributed by atoms with E-state index in [-0.39, 0.29) is 5.54 Å². The number of alkyl carbamates (subject to hydrolysis) is 1. The third-order valence-electron chi connectivity index (χ3n) is 9.11. The molecule has 1 amide bonds. The molecule has 9 nitrogen and oxygen atoms in total. The van der Waals surface area contributed by atoms with Crippen molar-refractivity contribution >= 4 is 34.3 Å². The molecule has 37 heavy (non-hydrogen) atoms. The van der Waals surface area contributed by atoms with Crippen LogP contribution in [-0.2, 0) is 34.8 Å². The second kappa shape index (κ2) is 8.85. The minimum absolute atomic E-state index is 0.292. The van der Waals surface area contributed by atoms with Crippen molar-refractivity contribution < 1.29 is 13.7 Å². The van der Waals surface area contributed by atoms with Crippen LogP contribution in [0.15, 0.2) is 23.1 Å². The van der Waals surface area contributed by atoms with Crippen molar-refractivity contribution in [1.82, 2.24) is 15.3 Å². The number of hydrogen-bond donors (Lipinski definition) is 2. The number of fused-ring (bicyclic) bond motifs is 3. The van der Waals surface area contributed by atoms with Crippen LogP contribution < -0.4 is 20.4 Å². The zero-order valence-electron chi connectivity index (χ0n) is 21.3. The first kappa shape index (κ1) is 23.3. The minimum atomic E-state index is -1.10. The number of ether oxygens (including phenoxy) is 1. The summed E-state index contributed by atoms with van der Waals surface area (Å²) in [5, 5.41) is 6.45. The monoisotopic (exact) mass is 522 g/mol. The van der Waals surface area contributed by atoms with Gasteiger partial charge in [0.05, 0.1) is 29.1 Å². The fourth-order valence-electron chi connectivity index (χ4n) is 6.67. The molecule has 2 aliphatic carbocycles. The molecule has 3 atom stereocenters. The quantitative estimate of drug-likeness (QED) is 0.597. The zero-order valence-corrected chi connectivity index (χ0v) is 22.1. The number of nitrogens with one attached hydrogen (secondary N) is 2. The predicted octanol–water partition coefficient (Wildman–Crippen LogP) is 2.50. The molecule has 2 saturated heterocycles. The summed E-state index contributed by atoms with van der Waals surface area (Å²) in [5.74, 6) is 3.21. The summed E-state index contributed by atoms with van der Waals surface area (Å²) in [4.78, 5) is 27.2. The molecule has 0 spiro atoms. The van der Waals surface area contributed by atoms with E-state index in [1.165, 1.54) is 36.8 Å². The molecule has 3 fully saturated rings. The van der Waals surface area contributed by atoms with Gasteiger partial charge in [0.1, 0.15) is 10.7 Å². The van der Waals surface area contributed by atoms with Crippen molar-refractivity contribution in [3.8, 4) is 0 Å². The summed E-state index contributed by atoms with van der Waals surface area (Å²) in [6, 6.07) is 7.00. The number of hydrogen-bond acceptors (Lipinski definition) is 8. The van der Waals surface area contributed by atoms with Gasteiger partial charge in [-0.25, -0.2) is 9.78 Å². The van der Waals surface area contributed by atoms with E-state index < -0.39 is 16.9 Å². The molecule has 2 unspecified atom stereocenters. The van der Waals surface area contributed by atoms with Crippen LogP contribution in [0.25, 0.3) is 0 Å². The Hall–Kier alpha value is -2.88. The van der Waals surface area contributed by atoms with Gasteiger partial charge in [-0.15, -0.1) is 0 Å². The number of amides is 1. The molecule has 2 aromatic rings. The summed E-state index contributed by atoms with van der Waals surface area (Å²) in [6.45, 7) is 4.49. The Bertz CT molecular complexity index is 1270. The van der Waals surface area contributed by atoms with Gasteiger partial charge in [-0.3, -0.25) is 4.21 Å². The molecule has 3 aliphatic heterocycles. The van der Waals surface area contributed by atoms with E-state index in [1.807, 2.05) is 0 Å². The van der Waals surface area contributed by atoms with Crippen LogP contribution in [0.5, 0.6) is 0 Å². The topological polar surface area (TPSA) is 99.7 Å². The van der Waals surface area contributed by atoms with Crippen LogP contribution in [-0.4, -0.2) is 71.4 Å². The Morgan fingerprint density at radius 3 is 2.49 bits per heavy atom. The first-order valence-corrected chi connectivity index (χ1v) is 14.8. The molecule has 196 valence electrons. The van der Waals surface area contributed by atoms with Crippen molar-refractivity contribution in [2.24, 2.45) is 11.8 Å². The summed E-state index contributed by atoms with van der Waals surface area (Å²) in [5.41, 5.74) is 5.01. The Morgan fingerprint density at radius 1 is 1.08 bits per heavy atom. The van der Waals surface area contributed by atoms with Crippen LogP contribution in [0.2, 0.25) is 0 Å². The van der Waals surface area contributed by atoms with Crippen molar-refractivity contribution in [3.05, 3.63) is 35.0 Å². The third kappa shape index (κ3) is 4.04. The van der Waals surface area contributed by atoms with Gasteiger partial charge in [0, 0.05) is 62.4 Å². The lowest BCUT2D eigenvalue weighted by molar-refractivity contribution is 0.163. The molecular formula is C27H34N6O3S. The average Bonchev–Trinajstić information content (AvgIpc) is 3.54. The molecule has 1 aromatic carbocycles. The molecule has 0 radical (unpaired) electrons. The largest absolute Gasteiger partial charge is 0.453 e. The molecule has 7 rings (SSSR count). The van der Waals surface area contributed by atoms with Crippen LogP contribution >= 0.6 is 0 Å². The van der Waals surface area contributed by atoms with Gasteiger partial charge < -0.3 is 25.2 Å². The fourth-order valence-corrected chi connectivity index (χ4v) is 7.98.